The molecule has 1 heterocycles. The summed E-state index contributed by atoms with van der Waals surface area (Å²) in [6.45, 7) is 0. The standard InChI is InChI=1S/C14H12Cl2N4O2/c1-17-14(22)19-9-4-2-3-8(7-9)18-13(21)12-10(15)5-6-11(16)20-12/h2-7H,1H3,(H,18,21)(H2,17,19,22). The molecular formula is C14H12Cl2N4O2. The zero-order chi connectivity index (χ0) is 16.1. The fraction of sp³-hybridized carbons (Fsp3) is 0.0714. The first-order chi connectivity index (χ1) is 10.5. The van der Waals surface area contributed by atoms with E-state index in [1.54, 1.807) is 24.3 Å². The summed E-state index contributed by atoms with van der Waals surface area (Å²) in [5, 5.41) is 8.04. The fourth-order valence-electron chi connectivity index (χ4n) is 1.64. The maximum atomic E-state index is 12.2. The molecule has 0 fully saturated rings. The lowest BCUT2D eigenvalue weighted by atomic mass is 10.2. The number of anilines is 2. The lowest BCUT2D eigenvalue weighted by Gasteiger charge is -2.09. The number of hydrogen-bond donors (Lipinski definition) is 3. The Bertz CT molecular complexity index is 722. The molecule has 114 valence electrons. The number of nitrogens with one attached hydrogen (secondary N) is 3. The van der Waals surface area contributed by atoms with Crippen LogP contribution >= 0.6 is 23.2 Å². The van der Waals surface area contributed by atoms with Crippen LogP contribution in [0.25, 0.3) is 0 Å². The Hall–Kier alpha value is -2.31. The molecule has 1 aromatic heterocycles. The van der Waals surface area contributed by atoms with E-state index in [2.05, 4.69) is 20.9 Å². The molecule has 0 unspecified atom stereocenters. The van der Waals surface area contributed by atoms with Crippen molar-refractivity contribution in [2.45, 2.75) is 0 Å². The molecule has 2 rings (SSSR count). The number of urea groups is 1. The van der Waals surface area contributed by atoms with Gasteiger partial charge < -0.3 is 16.0 Å². The Morgan fingerprint density at radius 3 is 2.41 bits per heavy atom. The van der Waals surface area contributed by atoms with Gasteiger partial charge in [-0.3, -0.25) is 4.79 Å². The number of rotatable bonds is 3. The van der Waals surface area contributed by atoms with Crippen LogP contribution in [0.5, 0.6) is 0 Å². The minimum atomic E-state index is -0.496. The summed E-state index contributed by atoms with van der Waals surface area (Å²) < 4.78 is 0. The molecule has 1 aromatic carbocycles. The Morgan fingerprint density at radius 1 is 1.05 bits per heavy atom. The van der Waals surface area contributed by atoms with E-state index < -0.39 is 5.91 Å². The summed E-state index contributed by atoms with van der Waals surface area (Å²) >= 11 is 11.7. The van der Waals surface area contributed by atoms with Gasteiger partial charge in [0.2, 0.25) is 0 Å². The first-order valence-corrected chi connectivity index (χ1v) is 6.97. The molecule has 0 aliphatic rings. The van der Waals surface area contributed by atoms with Gasteiger partial charge >= 0.3 is 6.03 Å². The quantitative estimate of drug-likeness (QED) is 0.750. The molecule has 0 spiro atoms. The zero-order valence-electron chi connectivity index (χ0n) is 11.5. The monoisotopic (exact) mass is 338 g/mol. The number of carbonyl (C=O) groups is 2. The molecule has 8 heteroatoms. The highest BCUT2D eigenvalue weighted by Gasteiger charge is 2.13. The van der Waals surface area contributed by atoms with Gasteiger partial charge in [0.05, 0.1) is 5.02 Å². The van der Waals surface area contributed by atoms with Crippen LogP contribution in [0.15, 0.2) is 36.4 Å². The maximum Gasteiger partial charge on any atom is 0.318 e. The van der Waals surface area contributed by atoms with Crippen molar-refractivity contribution < 1.29 is 9.59 Å². The molecule has 6 nitrogen and oxygen atoms in total. The third-order valence-corrected chi connectivity index (χ3v) is 3.15. The number of hydrogen-bond acceptors (Lipinski definition) is 3. The number of pyridine rings is 1. The van der Waals surface area contributed by atoms with Crippen molar-refractivity contribution in [1.82, 2.24) is 10.3 Å². The predicted molar refractivity (Wildman–Crippen MR) is 86.7 cm³/mol. The van der Waals surface area contributed by atoms with E-state index in [4.69, 9.17) is 23.2 Å². The highest BCUT2D eigenvalue weighted by atomic mass is 35.5. The largest absolute Gasteiger partial charge is 0.341 e. The number of benzene rings is 1. The molecule has 0 aliphatic carbocycles. The van der Waals surface area contributed by atoms with Gasteiger partial charge in [-0.15, -0.1) is 0 Å². The Morgan fingerprint density at radius 2 is 1.73 bits per heavy atom. The van der Waals surface area contributed by atoms with Crippen LogP contribution in [-0.2, 0) is 0 Å². The van der Waals surface area contributed by atoms with E-state index in [0.717, 1.165) is 0 Å². The summed E-state index contributed by atoms with van der Waals surface area (Å²) in [7, 11) is 1.51. The molecule has 22 heavy (non-hydrogen) atoms. The first-order valence-electron chi connectivity index (χ1n) is 6.22. The van der Waals surface area contributed by atoms with Crippen LogP contribution < -0.4 is 16.0 Å². The second-order valence-electron chi connectivity index (χ2n) is 4.20. The van der Waals surface area contributed by atoms with Crippen molar-refractivity contribution in [1.29, 1.82) is 0 Å². The second-order valence-corrected chi connectivity index (χ2v) is 5.00. The van der Waals surface area contributed by atoms with Crippen molar-refractivity contribution in [3.63, 3.8) is 0 Å². The van der Waals surface area contributed by atoms with E-state index in [9.17, 15) is 9.59 Å². The van der Waals surface area contributed by atoms with Crippen molar-refractivity contribution in [3.8, 4) is 0 Å². The van der Waals surface area contributed by atoms with Gasteiger partial charge in [-0.05, 0) is 30.3 Å². The highest BCUT2D eigenvalue weighted by Crippen LogP contribution is 2.20. The molecule has 0 atom stereocenters. The van der Waals surface area contributed by atoms with Gasteiger partial charge in [0.1, 0.15) is 10.8 Å². The van der Waals surface area contributed by atoms with Crippen molar-refractivity contribution in [2.75, 3.05) is 17.7 Å². The van der Waals surface area contributed by atoms with Crippen LogP contribution in [-0.4, -0.2) is 24.0 Å². The van der Waals surface area contributed by atoms with Crippen LogP contribution in [0.3, 0.4) is 0 Å². The lowest BCUT2D eigenvalue weighted by Crippen LogP contribution is -2.24. The predicted octanol–water partition coefficient (Wildman–Crippen LogP) is 3.39. The summed E-state index contributed by atoms with van der Waals surface area (Å²) in [5.41, 5.74) is 1.04. The fourth-order valence-corrected chi connectivity index (χ4v) is 1.97. The number of aromatic nitrogens is 1. The van der Waals surface area contributed by atoms with Gasteiger partial charge in [0.25, 0.3) is 5.91 Å². The molecule has 2 aromatic rings. The normalized spacial score (nSPS) is 9.95. The topological polar surface area (TPSA) is 83.1 Å². The molecule has 0 saturated carbocycles. The van der Waals surface area contributed by atoms with Crippen LogP contribution in [0.4, 0.5) is 16.2 Å². The maximum absolute atomic E-state index is 12.2. The number of amides is 3. The molecule has 3 amide bonds. The molecule has 0 saturated heterocycles. The van der Waals surface area contributed by atoms with Crippen molar-refractivity contribution in [3.05, 3.63) is 52.3 Å². The smallest absolute Gasteiger partial charge is 0.318 e. The van der Waals surface area contributed by atoms with Crippen LogP contribution in [0.1, 0.15) is 10.5 Å². The summed E-state index contributed by atoms with van der Waals surface area (Å²) in [6.07, 6.45) is 0. The summed E-state index contributed by atoms with van der Waals surface area (Å²) in [5.74, 6) is -0.496. The summed E-state index contributed by atoms with van der Waals surface area (Å²) in [6, 6.07) is 9.28. The third kappa shape index (κ3) is 4.09. The van der Waals surface area contributed by atoms with E-state index in [0.29, 0.717) is 11.4 Å². The van der Waals surface area contributed by atoms with Gasteiger partial charge in [0.15, 0.2) is 0 Å². The Labute approximate surface area is 136 Å². The van der Waals surface area contributed by atoms with E-state index in [-0.39, 0.29) is 21.9 Å². The van der Waals surface area contributed by atoms with E-state index in [1.807, 2.05) is 0 Å². The Balaban J connectivity index is 2.16. The van der Waals surface area contributed by atoms with E-state index in [1.165, 1.54) is 19.2 Å². The van der Waals surface area contributed by atoms with E-state index >= 15 is 0 Å². The third-order valence-electron chi connectivity index (χ3n) is 2.63. The molecule has 0 radical (unpaired) electrons. The SMILES string of the molecule is CNC(=O)Nc1cccc(NC(=O)c2nc(Cl)ccc2Cl)c1. The van der Waals surface area contributed by atoms with Gasteiger partial charge in [-0.2, -0.15) is 0 Å². The minimum absolute atomic E-state index is 0.0267. The second kappa shape index (κ2) is 7.11. The number of carbonyl (C=O) groups excluding carboxylic acids is 2. The van der Waals surface area contributed by atoms with Gasteiger partial charge in [-0.1, -0.05) is 29.3 Å². The average Bonchev–Trinajstić information content (AvgIpc) is 2.49. The van der Waals surface area contributed by atoms with Gasteiger partial charge in [0, 0.05) is 18.4 Å². The molecule has 0 bridgehead atoms. The Kier molecular flexibility index (Phi) is 5.19. The highest BCUT2D eigenvalue weighted by molar-refractivity contribution is 6.35. The minimum Gasteiger partial charge on any atom is -0.341 e. The molecule has 3 N–H and O–H groups in total. The van der Waals surface area contributed by atoms with Crippen LogP contribution in [0, 0.1) is 0 Å². The van der Waals surface area contributed by atoms with Crippen molar-refractivity contribution >= 4 is 46.5 Å². The lowest BCUT2D eigenvalue weighted by molar-refractivity contribution is 0.102. The molecule has 0 aliphatic heterocycles. The summed E-state index contributed by atoms with van der Waals surface area (Å²) in [4.78, 5) is 27.3. The van der Waals surface area contributed by atoms with Crippen molar-refractivity contribution in [2.24, 2.45) is 0 Å². The first kappa shape index (κ1) is 16.1. The average molecular weight is 339 g/mol. The van der Waals surface area contributed by atoms with Gasteiger partial charge in [-0.25, -0.2) is 9.78 Å². The number of nitrogens with zero attached hydrogens (tertiary/aromatic N) is 1. The van der Waals surface area contributed by atoms with Crippen LogP contribution in [0.2, 0.25) is 10.2 Å². The molecular weight excluding hydrogens is 327 g/mol. The zero-order valence-corrected chi connectivity index (χ0v) is 13.0. The number of halogens is 2.